The van der Waals surface area contributed by atoms with Crippen molar-refractivity contribution in [2.75, 3.05) is 11.9 Å². The van der Waals surface area contributed by atoms with Crippen LogP contribution in [0.15, 0.2) is 36.4 Å². The Morgan fingerprint density at radius 3 is 2.38 bits per heavy atom. The Labute approximate surface area is 133 Å². The van der Waals surface area contributed by atoms with Gasteiger partial charge in [0, 0.05) is 21.3 Å². The van der Waals surface area contributed by atoms with E-state index in [0.29, 0.717) is 27.9 Å². The topological polar surface area (TPSA) is 38.3 Å². The smallest absolute Gasteiger partial charge is 0.255 e. The monoisotopic (exact) mass is 323 g/mol. The summed E-state index contributed by atoms with van der Waals surface area (Å²) in [7, 11) is 0. The summed E-state index contributed by atoms with van der Waals surface area (Å²) < 4.78 is 5.45. The van der Waals surface area contributed by atoms with Crippen LogP contribution in [0.4, 0.5) is 5.69 Å². The second kappa shape index (κ2) is 6.83. The molecular weight excluding hydrogens is 309 g/mol. The summed E-state index contributed by atoms with van der Waals surface area (Å²) in [5.41, 5.74) is 2.02. The van der Waals surface area contributed by atoms with Crippen molar-refractivity contribution < 1.29 is 9.53 Å². The number of anilines is 1. The molecule has 5 heteroatoms. The van der Waals surface area contributed by atoms with Gasteiger partial charge in [-0.1, -0.05) is 23.2 Å². The third kappa shape index (κ3) is 4.13. The van der Waals surface area contributed by atoms with E-state index in [1.807, 2.05) is 13.8 Å². The van der Waals surface area contributed by atoms with E-state index in [9.17, 15) is 4.79 Å². The van der Waals surface area contributed by atoms with Gasteiger partial charge < -0.3 is 10.1 Å². The lowest BCUT2D eigenvalue weighted by Gasteiger charge is -2.10. The number of carbonyl (C=O) groups is 1. The fraction of sp³-hybridized carbons (Fsp3) is 0.188. The number of ether oxygens (including phenoxy) is 1. The lowest BCUT2D eigenvalue weighted by Crippen LogP contribution is -2.12. The van der Waals surface area contributed by atoms with E-state index in [2.05, 4.69) is 5.32 Å². The fourth-order valence-corrected chi connectivity index (χ4v) is 2.46. The maximum absolute atomic E-state index is 12.2. The Balaban J connectivity index is 2.18. The molecule has 0 bridgehead atoms. The molecule has 0 radical (unpaired) electrons. The Hall–Kier alpha value is -1.71. The zero-order valence-corrected chi connectivity index (χ0v) is 13.3. The molecule has 0 aliphatic heterocycles. The van der Waals surface area contributed by atoms with Crippen LogP contribution in [0.1, 0.15) is 22.8 Å². The quantitative estimate of drug-likeness (QED) is 0.864. The number of nitrogens with one attached hydrogen (secondary N) is 1. The molecule has 2 rings (SSSR count). The molecular formula is C16H15Cl2NO2. The van der Waals surface area contributed by atoms with Crippen LogP contribution in [0, 0.1) is 6.92 Å². The average Bonchev–Trinajstić information content (AvgIpc) is 2.40. The first-order chi connectivity index (χ1) is 9.99. The number of hydrogen-bond acceptors (Lipinski definition) is 2. The van der Waals surface area contributed by atoms with Crippen molar-refractivity contribution in [3.8, 4) is 5.75 Å². The van der Waals surface area contributed by atoms with Gasteiger partial charge in [-0.2, -0.15) is 0 Å². The first-order valence-corrected chi connectivity index (χ1v) is 7.26. The van der Waals surface area contributed by atoms with E-state index in [1.165, 1.54) is 0 Å². The van der Waals surface area contributed by atoms with E-state index in [1.54, 1.807) is 36.4 Å². The van der Waals surface area contributed by atoms with Crippen LogP contribution >= 0.6 is 23.2 Å². The van der Waals surface area contributed by atoms with Crippen LogP contribution in [0.2, 0.25) is 10.0 Å². The van der Waals surface area contributed by atoms with Gasteiger partial charge in [-0.3, -0.25) is 4.79 Å². The third-order valence-electron chi connectivity index (χ3n) is 2.86. The number of benzene rings is 2. The molecule has 0 aromatic heterocycles. The zero-order chi connectivity index (χ0) is 15.4. The van der Waals surface area contributed by atoms with E-state index < -0.39 is 0 Å². The maximum Gasteiger partial charge on any atom is 0.255 e. The number of carbonyl (C=O) groups excluding carboxylic acids is 1. The van der Waals surface area contributed by atoms with Crippen molar-refractivity contribution in [2.24, 2.45) is 0 Å². The van der Waals surface area contributed by atoms with Crippen LogP contribution in [-0.2, 0) is 0 Å². The van der Waals surface area contributed by atoms with E-state index in [-0.39, 0.29) is 5.91 Å². The lowest BCUT2D eigenvalue weighted by atomic mass is 10.1. The van der Waals surface area contributed by atoms with Crippen LogP contribution in [-0.4, -0.2) is 12.5 Å². The molecule has 110 valence electrons. The summed E-state index contributed by atoms with van der Waals surface area (Å²) in [6.07, 6.45) is 0. The van der Waals surface area contributed by atoms with Gasteiger partial charge in [-0.15, -0.1) is 0 Å². The normalized spacial score (nSPS) is 10.3. The van der Waals surface area contributed by atoms with Crippen LogP contribution in [0.5, 0.6) is 5.75 Å². The maximum atomic E-state index is 12.2. The molecule has 0 unspecified atom stereocenters. The van der Waals surface area contributed by atoms with Gasteiger partial charge in [0.05, 0.1) is 6.61 Å². The summed E-state index contributed by atoms with van der Waals surface area (Å²) in [4.78, 5) is 12.2. The van der Waals surface area contributed by atoms with Gasteiger partial charge in [0.25, 0.3) is 5.91 Å². The standard InChI is InChI=1S/C16H15Cl2NO2/c1-3-21-15-5-4-11(6-10(15)2)16(20)19-14-8-12(17)7-13(18)9-14/h4-9H,3H2,1-2H3,(H,19,20). The van der Waals surface area contributed by atoms with Gasteiger partial charge in [-0.05, 0) is 55.8 Å². The molecule has 0 spiro atoms. The highest BCUT2D eigenvalue weighted by atomic mass is 35.5. The summed E-state index contributed by atoms with van der Waals surface area (Å²) in [5.74, 6) is 0.555. The van der Waals surface area contributed by atoms with Crippen molar-refractivity contribution in [1.29, 1.82) is 0 Å². The van der Waals surface area contributed by atoms with Gasteiger partial charge in [0.15, 0.2) is 0 Å². The molecule has 2 aromatic carbocycles. The Morgan fingerprint density at radius 2 is 1.81 bits per heavy atom. The molecule has 0 saturated carbocycles. The predicted octanol–water partition coefficient (Wildman–Crippen LogP) is 4.95. The summed E-state index contributed by atoms with van der Waals surface area (Å²) in [5, 5.41) is 3.72. The highest BCUT2D eigenvalue weighted by Crippen LogP contribution is 2.24. The van der Waals surface area contributed by atoms with Crippen LogP contribution in [0.25, 0.3) is 0 Å². The number of amides is 1. The number of hydrogen-bond donors (Lipinski definition) is 1. The molecule has 0 atom stereocenters. The fourth-order valence-electron chi connectivity index (χ4n) is 1.94. The van der Waals surface area contributed by atoms with E-state index in [4.69, 9.17) is 27.9 Å². The molecule has 0 aliphatic carbocycles. The largest absolute Gasteiger partial charge is 0.494 e. The minimum atomic E-state index is -0.223. The summed E-state index contributed by atoms with van der Waals surface area (Å²) in [6.45, 7) is 4.41. The van der Waals surface area contributed by atoms with Crippen molar-refractivity contribution in [3.63, 3.8) is 0 Å². The van der Waals surface area contributed by atoms with Crippen molar-refractivity contribution >= 4 is 34.8 Å². The SMILES string of the molecule is CCOc1ccc(C(=O)Nc2cc(Cl)cc(Cl)c2)cc1C. The van der Waals surface area contributed by atoms with Crippen molar-refractivity contribution in [3.05, 3.63) is 57.6 Å². The lowest BCUT2D eigenvalue weighted by molar-refractivity contribution is 0.102. The first-order valence-electron chi connectivity index (χ1n) is 6.50. The average molecular weight is 324 g/mol. The van der Waals surface area contributed by atoms with Crippen molar-refractivity contribution in [1.82, 2.24) is 0 Å². The Morgan fingerprint density at radius 1 is 1.14 bits per heavy atom. The molecule has 21 heavy (non-hydrogen) atoms. The Bertz CT molecular complexity index is 651. The Kier molecular flexibility index (Phi) is 5.10. The van der Waals surface area contributed by atoms with Gasteiger partial charge in [0.2, 0.25) is 0 Å². The highest BCUT2D eigenvalue weighted by Gasteiger charge is 2.09. The number of aryl methyl sites for hydroxylation is 1. The predicted molar refractivity (Wildman–Crippen MR) is 86.8 cm³/mol. The molecule has 0 saturated heterocycles. The van der Waals surface area contributed by atoms with Crippen LogP contribution < -0.4 is 10.1 Å². The van der Waals surface area contributed by atoms with Crippen LogP contribution in [0.3, 0.4) is 0 Å². The highest BCUT2D eigenvalue weighted by molar-refractivity contribution is 6.35. The molecule has 2 aromatic rings. The van der Waals surface area contributed by atoms with Gasteiger partial charge in [0.1, 0.15) is 5.75 Å². The molecule has 1 amide bonds. The molecule has 3 nitrogen and oxygen atoms in total. The minimum absolute atomic E-state index is 0.223. The van der Waals surface area contributed by atoms with Crippen molar-refractivity contribution in [2.45, 2.75) is 13.8 Å². The number of halogens is 2. The minimum Gasteiger partial charge on any atom is -0.494 e. The summed E-state index contributed by atoms with van der Waals surface area (Å²) >= 11 is 11.8. The molecule has 0 heterocycles. The molecule has 0 fully saturated rings. The van der Waals surface area contributed by atoms with E-state index in [0.717, 1.165) is 11.3 Å². The number of rotatable bonds is 4. The second-order valence-electron chi connectivity index (χ2n) is 4.53. The third-order valence-corrected chi connectivity index (χ3v) is 3.29. The summed E-state index contributed by atoms with van der Waals surface area (Å²) in [6, 6.07) is 10.2. The van der Waals surface area contributed by atoms with Gasteiger partial charge in [-0.25, -0.2) is 0 Å². The molecule has 1 N–H and O–H groups in total. The van der Waals surface area contributed by atoms with Gasteiger partial charge >= 0.3 is 0 Å². The second-order valence-corrected chi connectivity index (χ2v) is 5.40. The first kappa shape index (κ1) is 15.7. The molecule has 0 aliphatic rings. The zero-order valence-electron chi connectivity index (χ0n) is 11.7. The van der Waals surface area contributed by atoms with E-state index >= 15 is 0 Å².